The molecule has 102 valence electrons. The van der Waals surface area contributed by atoms with E-state index in [1.165, 1.54) is 22.3 Å². The van der Waals surface area contributed by atoms with Crippen molar-refractivity contribution >= 4 is 11.3 Å². The van der Waals surface area contributed by atoms with Gasteiger partial charge < -0.3 is 0 Å². The molecule has 2 aromatic rings. The molecule has 0 amide bonds. The molecule has 0 radical (unpaired) electrons. The average Bonchev–Trinajstić information content (AvgIpc) is 2.51. The fraction of sp³-hybridized carbons (Fsp3) is 0.211. The van der Waals surface area contributed by atoms with Gasteiger partial charge >= 0.3 is 0 Å². The van der Waals surface area contributed by atoms with E-state index in [4.69, 9.17) is 0 Å². The lowest BCUT2D eigenvalue weighted by Crippen LogP contribution is -2.12. The highest BCUT2D eigenvalue weighted by Gasteiger charge is 2.17. The van der Waals surface area contributed by atoms with Gasteiger partial charge in [-0.3, -0.25) is 4.99 Å². The Bertz CT molecular complexity index is 633. The van der Waals surface area contributed by atoms with Gasteiger partial charge in [-0.1, -0.05) is 74.5 Å². The van der Waals surface area contributed by atoms with Crippen LogP contribution in [0.25, 0.3) is 5.57 Å². The second-order valence-electron chi connectivity index (χ2n) is 4.68. The van der Waals surface area contributed by atoms with Crippen LogP contribution < -0.4 is 0 Å². The Hall–Kier alpha value is -2.15. The van der Waals surface area contributed by atoms with Crippen LogP contribution in [-0.4, -0.2) is 12.3 Å². The highest BCUT2D eigenvalue weighted by molar-refractivity contribution is 6.16. The molecule has 0 spiro atoms. The predicted octanol–water partition coefficient (Wildman–Crippen LogP) is 4.89. The molecule has 0 bridgehead atoms. The lowest BCUT2D eigenvalue weighted by molar-refractivity contribution is 1.22. The molecular weight excluding hydrogens is 242 g/mol. The van der Waals surface area contributed by atoms with Gasteiger partial charge in [0.25, 0.3) is 0 Å². The summed E-state index contributed by atoms with van der Waals surface area (Å²) >= 11 is 0. The first-order valence-electron chi connectivity index (χ1n) is 7.15. The molecular formula is C19H21N. The number of hydrogen-bond donors (Lipinski definition) is 0. The summed E-state index contributed by atoms with van der Waals surface area (Å²) in [5, 5.41) is 0. The topological polar surface area (TPSA) is 12.4 Å². The van der Waals surface area contributed by atoms with Gasteiger partial charge in [0.1, 0.15) is 0 Å². The Labute approximate surface area is 121 Å². The lowest BCUT2D eigenvalue weighted by Gasteiger charge is -2.18. The van der Waals surface area contributed by atoms with Crippen molar-refractivity contribution in [3.05, 3.63) is 77.4 Å². The number of hydrogen-bond acceptors (Lipinski definition) is 1. The first-order valence-corrected chi connectivity index (χ1v) is 7.15. The zero-order valence-corrected chi connectivity index (χ0v) is 12.5. The third-order valence-electron chi connectivity index (χ3n) is 3.32. The normalized spacial score (nSPS) is 12.9. The molecule has 0 unspecified atom stereocenters. The molecule has 0 aliphatic carbocycles. The molecule has 0 atom stereocenters. The van der Waals surface area contributed by atoms with Gasteiger partial charge in [-0.05, 0) is 18.1 Å². The summed E-state index contributed by atoms with van der Waals surface area (Å²) in [5.41, 5.74) is 7.05. The Kier molecular flexibility index (Phi) is 4.52. The monoisotopic (exact) mass is 263 g/mol. The standard InChI is InChI=1S/C17H15N.C2H6/c1-12-7-9-14(10-8-12)17-16-6-4-3-5-15(16)13(2)11-18-17;1-2/h3-10H,2,11H2,1H3;1-2H3. The minimum absolute atomic E-state index is 0.695. The highest BCUT2D eigenvalue weighted by atomic mass is 14.8. The van der Waals surface area contributed by atoms with Crippen LogP contribution in [0.4, 0.5) is 0 Å². The number of aliphatic imine (C=N–C) groups is 1. The molecule has 1 nitrogen and oxygen atoms in total. The molecule has 3 rings (SSSR count). The maximum absolute atomic E-state index is 4.67. The van der Waals surface area contributed by atoms with E-state index in [1.807, 2.05) is 13.8 Å². The molecule has 1 aliphatic rings. The Balaban J connectivity index is 0.000000704. The van der Waals surface area contributed by atoms with E-state index >= 15 is 0 Å². The zero-order chi connectivity index (χ0) is 14.5. The van der Waals surface area contributed by atoms with E-state index in [9.17, 15) is 0 Å². The average molecular weight is 263 g/mol. The third-order valence-corrected chi connectivity index (χ3v) is 3.32. The first-order chi connectivity index (χ1) is 9.75. The third kappa shape index (κ3) is 2.72. The summed E-state index contributed by atoms with van der Waals surface area (Å²) in [5.74, 6) is 0. The summed E-state index contributed by atoms with van der Waals surface area (Å²) in [7, 11) is 0. The molecule has 1 heteroatoms. The number of nitrogens with zero attached hydrogens (tertiary/aromatic N) is 1. The molecule has 20 heavy (non-hydrogen) atoms. The molecule has 0 fully saturated rings. The largest absolute Gasteiger partial charge is 0.279 e. The molecule has 0 saturated heterocycles. The first kappa shape index (κ1) is 14.3. The van der Waals surface area contributed by atoms with Gasteiger partial charge in [0.15, 0.2) is 0 Å². The van der Waals surface area contributed by atoms with E-state index in [2.05, 4.69) is 67.0 Å². The fourth-order valence-electron chi connectivity index (χ4n) is 2.30. The van der Waals surface area contributed by atoms with E-state index in [-0.39, 0.29) is 0 Å². The van der Waals surface area contributed by atoms with Gasteiger partial charge in [0.2, 0.25) is 0 Å². The minimum atomic E-state index is 0.695. The van der Waals surface area contributed by atoms with Crippen molar-refractivity contribution in [1.82, 2.24) is 0 Å². The highest BCUT2D eigenvalue weighted by Crippen LogP contribution is 2.26. The summed E-state index contributed by atoms with van der Waals surface area (Å²) in [6.07, 6.45) is 0. The second-order valence-corrected chi connectivity index (χ2v) is 4.68. The Morgan fingerprint density at radius 3 is 2.15 bits per heavy atom. The fourth-order valence-corrected chi connectivity index (χ4v) is 2.30. The van der Waals surface area contributed by atoms with Crippen molar-refractivity contribution in [3.63, 3.8) is 0 Å². The van der Waals surface area contributed by atoms with Gasteiger partial charge in [-0.15, -0.1) is 0 Å². The number of aryl methyl sites for hydroxylation is 1. The minimum Gasteiger partial charge on any atom is -0.279 e. The van der Waals surface area contributed by atoms with Crippen LogP contribution in [0.2, 0.25) is 0 Å². The van der Waals surface area contributed by atoms with Crippen LogP contribution in [0, 0.1) is 6.92 Å². The predicted molar refractivity (Wildman–Crippen MR) is 88.5 cm³/mol. The molecule has 0 saturated carbocycles. The number of benzene rings is 2. The van der Waals surface area contributed by atoms with Crippen molar-refractivity contribution < 1.29 is 0 Å². The molecule has 1 heterocycles. The van der Waals surface area contributed by atoms with E-state index in [0.717, 1.165) is 11.3 Å². The Morgan fingerprint density at radius 1 is 0.900 bits per heavy atom. The van der Waals surface area contributed by atoms with Gasteiger partial charge in [-0.25, -0.2) is 0 Å². The SMILES string of the molecule is C=C1CN=C(c2ccc(C)cc2)c2ccccc21.CC. The van der Waals surface area contributed by atoms with Gasteiger partial charge in [-0.2, -0.15) is 0 Å². The summed E-state index contributed by atoms with van der Waals surface area (Å²) in [4.78, 5) is 4.67. The van der Waals surface area contributed by atoms with Crippen LogP contribution >= 0.6 is 0 Å². The van der Waals surface area contributed by atoms with Crippen molar-refractivity contribution in [1.29, 1.82) is 0 Å². The van der Waals surface area contributed by atoms with E-state index in [0.29, 0.717) is 6.54 Å². The van der Waals surface area contributed by atoms with Crippen LogP contribution in [0.3, 0.4) is 0 Å². The summed E-state index contributed by atoms with van der Waals surface area (Å²) in [6, 6.07) is 16.9. The summed E-state index contributed by atoms with van der Waals surface area (Å²) < 4.78 is 0. The van der Waals surface area contributed by atoms with Crippen LogP contribution in [0.15, 0.2) is 60.1 Å². The van der Waals surface area contributed by atoms with Crippen molar-refractivity contribution in [2.45, 2.75) is 20.8 Å². The number of rotatable bonds is 1. The molecule has 0 N–H and O–H groups in total. The van der Waals surface area contributed by atoms with Crippen molar-refractivity contribution in [3.8, 4) is 0 Å². The maximum Gasteiger partial charge on any atom is 0.0729 e. The van der Waals surface area contributed by atoms with Crippen molar-refractivity contribution in [2.75, 3.05) is 6.54 Å². The van der Waals surface area contributed by atoms with Crippen LogP contribution in [0.1, 0.15) is 36.1 Å². The molecule has 2 aromatic carbocycles. The van der Waals surface area contributed by atoms with Crippen molar-refractivity contribution in [2.24, 2.45) is 4.99 Å². The molecule has 1 aliphatic heterocycles. The maximum atomic E-state index is 4.67. The van der Waals surface area contributed by atoms with E-state index in [1.54, 1.807) is 0 Å². The zero-order valence-electron chi connectivity index (χ0n) is 12.5. The molecule has 0 aromatic heterocycles. The van der Waals surface area contributed by atoms with Crippen LogP contribution in [-0.2, 0) is 0 Å². The smallest absolute Gasteiger partial charge is 0.0729 e. The van der Waals surface area contributed by atoms with Crippen LogP contribution in [0.5, 0.6) is 0 Å². The second kappa shape index (κ2) is 6.33. The van der Waals surface area contributed by atoms with Gasteiger partial charge in [0.05, 0.1) is 12.3 Å². The summed E-state index contributed by atoms with van der Waals surface area (Å²) in [6.45, 7) is 10.9. The van der Waals surface area contributed by atoms with Gasteiger partial charge in [0, 0.05) is 11.1 Å². The van der Waals surface area contributed by atoms with E-state index < -0.39 is 0 Å². The lowest BCUT2D eigenvalue weighted by atomic mass is 9.91. The number of fused-ring (bicyclic) bond motifs is 1. The Morgan fingerprint density at radius 2 is 1.50 bits per heavy atom. The quantitative estimate of drug-likeness (QED) is 0.695.